The predicted molar refractivity (Wildman–Crippen MR) is 125 cm³/mol. The molecule has 1 aromatic heterocycles. The van der Waals surface area contributed by atoms with E-state index in [2.05, 4.69) is 0 Å². The molecule has 0 fully saturated rings. The number of hydrogen-bond donors (Lipinski definition) is 0. The van der Waals surface area contributed by atoms with Gasteiger partial charge in [0, 0.05) is 0 Å². The Labute approximate surface area is 185 Å². The molecule has 1 amide bonds. The number of sulfone groups is 1. The van der Waals surface area contributed by atoms with Gasteiger partial charge in [-0.15, -0.1) is 0 Å². The van der Waals surface area contributed by atoms with Crippen LogP contribution in [0.25, 0.3) is 10.2 Å². The number of anilines is 1. The average molecular weight is 451 g/mol. The minimum absolute atomic E-state index is 0.138. The second-order valence-electron chi connectivity index (χ2n) is 7.39. The van der Waals surface area contributed by atoms with E-state index in [0.717, 1.165) is 26.9 Å². The minimum Gasteiger partial charge on any atom is -0.283 e. The lowest BCUT2D eigenvalue weighted by molar-refractivity contribution is -0.116. The zero-order valence-corrected chi connectivity index (χ0v) is 18.9. The van der Waals surface area contributed by atoms with Crippen molar-refractivity contribution >= 4 is 42.4 Å². The van der Waals surface area contributed by atoms with Gasteiger partial charge in [-0.05, 0) is 48.7 Å². The highest BCUT2D eigenvalue weighted by molar-refractivity contribution is 7.92. The number of aromatic nitrogens is 1. The first-order valence-corrected chi connectivity index (χ1v) is 12.3. The van der Waals surface area contributed by atoms with Gasteiger partial charge >= 0.3 is 0 Å². The number of carbonyl (C=O) groups excluding carboxylic acids is 1. The van der Waals surface area contributed by atoms with Crippen molar-refractivity contribution in [2.45, 2.75) is 25.3 Å². The van der Waals surface area contributed by atoms with Gasteiger partial charge in [-0.2, -0.15) is 0 Å². The summed E-state index contributed by atoms with van der Waals surface area (Å²) < 4.78 is 26.6. The highest BCUT2D eigenvalue weighted by Gasteiger charge is 2.27. The quantitative estimate of drug-likeness (QED) is 0.418. The summed E-state index contributed by atoms with van der Waals surface area (Å²) in [6, 6.07) is 21.6. The molecule has 31 heavy (non-hydrogen) atoms. The van der Waals surface area contributed by atoms with Crippen LogP contribution in [0.5, 0.6) is 0 Å². The Morgan fingerprint density at radius 2 is 1.58 bits per heavy atom. The molecular formula is C24H22N2O3S2. The number of amides is 1. The molecule has 5 nitrogen and oxygen atoms in total. The Balaban J connectivity index is 1.73. The normalized spacial score (nSPS) is 11.5. The number of nitrogens with zero attached hydrogens (tertiary/aromatic N) is 2. The van der Waals surface area contributed by atoms with Crippen molar-refractivity contribution in [2.75, 3.05) is 10.7 Å². The van der Waals surface area contributed by atoms with Gasteiger partial charge in [0.2, 0.25) is 5.91 Å². The third-order valence-electron chi connectivity index (χ3n) is 5.20. The molecular weight excluding hydrogens is 428 g/mol. The smallest absolute Gasteiger partial charge is 0.244 e. The van der Waals surface area contributed by atoms with Gasteiger partial charge in [-0.25, -0.2) is 13.4 Å². The van der Waals surface area contributed by atoms with Crippen LogP contribution in [-0.4, -0.2) is 25.1 Å². The Bertz CT molecular complexity index is 1330. The SMILES string of the molecule is Cc1ccc2sc(N(Cc3ccccc3)C(=O)CS(=O)(=O)c3ccccc3)nc2c1C. The molecule has 0 radical (unpaired) electrons. The summed E-state index contributed by atoms with van der Waals surface area (Å²) in [7, 11) is -3.76. The molecule has 0 N–H and O–H groups in total. The largest absolute Gasteiger partial charge is 0.283 e. The number of thiazole rings is 1. The molecule has 3 aromatic carbocycles. The van der Waals surface area contributed by atoms with Gasteiger partial charge in [0.15, 0.2) is 15.0 Å². The summed E-state index contributed by atoms with van der Waals surface area (Å²) in [4.78, 5) is 19.6. The molecule has 4 rings (SSSR count). The summed E-state index contributed by atoms with van der Waals surface area (Å²) in [5, 5.41) is 0.501. The molecule has 158 valence electrons. The standard InChI is InChI=1S/C24H22N2O3S2/c1-17-13-14-21-23(18(17)2)25-24(30-21)26(15-19-9-5-3-6-10-19)22(27)16-31(28,29)20-11-7-4-8-12-20/h3-14H,15-16H2,1-2H3. The second kappa shape index (κ2) is 8.61. The molecule has 1 heterocycles. The molecule has 0 saturated carbocycles. The van der Waals surface area contributed by atoms with Crippen LogP contribution < -0.4 is 4.90 Å². The number of fused-ring (bicyclic) bond motifs is 1. The minimum atomic E-state index is -3.76. The Kier molecular flexibility index (Phi) is 5.89. The summed E-state index contributed by atoms with van der Waals surface area (Å²) >= 11 is 1.40. The first-order valence-electron chi connectivity index (χ1n) is 9.84. The average Bonchev–Trinajstić information content (AvgIpc) is 3.20. The first-order chi connectivity index (χ1) is 14.8. The summed E-state index contributed by atoms with van der Waals surface area (Å²) in [5.74, 6) is -1.11. The molecule has 0 aliphatic carbocycles. The lowest BCUT2D eigenvalue weighted by Crippen LogP contribution is -2.35. The molecule has 0 unspecified atom stereocenters. The molecule has 0 bridgehead atoms. The van der Waals surface area contributed by atoms with E-state index < -0.39 is 21.5 Å². The topological polar surface area (TPSA) is 67.3 Å². The van der Waals surface area contributed by atoms with Gasteiger partial charge in [-0.3, -0.25) is 9.69 Å². The van der Waals surface area contributed by atoms with Crippen molar-refractivity contribution in [1.82, 2.24) is 4.98 Å². The fourth-order valence-corrected chi connectivity index (χ4v) is 5.57. The third kappa shape index (κ3) is 4.52. The summed E-state index contributed by atoms with van der Waals surface area (Å²) in [6.45, 7) is 4.28. The first kappa shape index (κ1) is 21.2. The van der Waals surface area contributed by atoms with Crippen LogP contribution in [0.3, 0.4) is 0 Å². The number of hydrogen-bond acceptors (Lipinski definition) is 5. The maximum absolute atomic E-state index is 13.3. The number of rotatable bonds is 6. The van der Waals surface area contributed by atoms with Crippen molar-refractivity contribution in [3.63, 3.8) is 0 Å². The molecule has 0 atom stereocenters. The number of carbonyl (C=O) groups is 1. The predicted octanol–water partition coefficient (Wildman–Crippen LogP) is 4.92. The Hall–Kier alpha value is -3.03. The zero-order valence-electron chi connectivity index (χ0n) is 17.3. The van der Waals surface area contributed by atoms with E-state index in [1.54, 1.807) is 18.2 Å². The maximum atomic E-state index is 13.3. The van der Waals surface area contributed by atoms with E-state index >= 15 is 0 Å². The monoisotopic (exact) mass is 450 g/mol. The van der Waals surface area contributed by atoms with Gasteiger partial charge in [0.25, 0.3) is 0 Å². The summed E-state index contributed by atoms with van der Waals surface area (Å²) in [6.07, 6.45) is 0. The molecule has 0 aliphatic rings. The van der Waals surface area contributed by atoms with E-state index in [1.165, 1.54) is 28.4 Å². The zero-order chi connectivity index (χ0) is 22.0. The van der Waals surface area contributed by atoms with Crippen molar-refractivity contribution in [3.05, 3.63) is 89.5 Å². The van der Waals surface area contributed by atoms with E-state index in [9.17, 15) is 13.2 Å². The lowest BCUT2D eigenvalue weighted by atomic mass is 10.1. The van der Waals surface area contributed by atoms with Crippen LogP contribution in [0, 0.1) is 13.8 Å². The molecule has 0 spiro atoms. The van der Waals surface area contributed by atoms with Crippen molar-refractivity contribution in [1.29, 1.82) is 0 Å². The van der Waals surface area contributed by atoms with Crippen LogP contribution in [-0.2, 0) is 21.2 Å². The molecule has 7 heteroatoms. The summed E-state index contributed by atoms with van der Waals surface area (Å²) in [5.41, 5.74) is 3.93. The van der Waals surface area contributed by atoms with E-state index in [4.69, 9.17) is 4.98 Å². The molecule has 4 aromatic rings. The van der Waals surface area contributed by atoms with Crippen LogP contribution in [0.4, 0.5) is 5.13 Å². The van der Waals surface area contributed by atoms with Gasteiger partial charge in [0.1, 0.15) is 5.75 Å². The maximum Gasteiger partial charge on any atom is 0.244 e. The van der Waals surface area contributed by atoms with Crippen molar-refractivity contribution in [3.8, 4) is 0 Å². The fourth-order valence-electron chi connectivity index (χ4n) is 3.31. The second-order valence-corrected chi connectivity index (χ2v) is 10.4. The van der Waals surface area contributed by atoms with Crippen LogP contribution >= 0.6 is 11.3 Å². The lowest BCUT2D eigenvalue weighted by Gasteiger charge is -2.20. The third-order valence-corrected chi connectivity index (χ3v) is 7.87. The van der Waals surface area contributed by atoms with Crippen molar-refractivity contribution < 1.29 is 13.2 Å². The van der Waals surface area contributed by atoms with Gasteiger partial charge < -0.3 is 0 Å². The molecule has 0 aliphatic heterocycles. The Morgan fingerprint density at radius 3 is 2.26 bits per heavy atom. The van der Waals surface area contributed by atoms with Crippen LogP contribution in [0.2, 0.25) is 0 Å². The van der Waals surface area contributed by atoms with Gasteiger partial charge in [-0.1, -0.05) is 65.9 Å². The fraction of sp³-hybridized carbons (Fsp3) is 0.167. The van der Waals surface area contributed by atoms with Gasteiger partial charge in [0.05, 0.1) is 21.7 Å². The molecule has 0 saturated heterocycles. The van der Waals surface area contributed by atoms with E-state index in [1.807, 2.05) is 56.3 Å². The van der Waals surface area contributed by atoms with Crippen LogP contribution in [0.1, 0.15) is 16.7 Å². The highest BCUT2D eigenvalue weighted by atomic mass is 32.2. The van der Waals surface area contributed by atoms with Crippen molar-refractivity contribution in [2.24, 2.45) is 0 Å². The van der Waals surface area contributed by atoms with Crippen LogP contribution in [0.15, 0.2) is 77.7 Å². The highest BCUT2D eigenvalue weighted by Crippen LogP contribution is 2.33. The van der Waals surface area contributed by atoms with E-state index in [-0.39, 0.29) is 11.4 Å². The number of benzene rings is 3. The number of aryl methyl sites for hydroxylation is 2. The van der Waals surface area contributed by atoms with E-state index in [0.29, 0.717) is 5.13 Å². The Morgan fingerprint density at radius 1 is 0.935 bits per heavy atom.